The van der Waals surface area contributed by atoms with Gasteiger partial charge in [0, 0.05) is 43.1 Å². The van der Waals surface area contributed by atoms with Gasteiger partial charge >= 0.3 is 0 Å². The largest absolute Gasteiger partial charge is 0.338 e. The Morgan fingerprint density at radius 2 is 1.95 bits per heavy atom. The fourth-order valence-electron chi connectivity index (χ4n) is 2.64. The van der Waals surface area contributed by atoms with Gasteiger partial charge in [0.1, 0.15) is 0 Å². The van der Waals surface area contributed by atoms with Crippen LogP contribution in [-0.4, -0.2) is 28.6 Å². The van der Waals surface area contributed by atoms with Crippen LogP contribution in [0.5, 0.6) is 0 Å². The Kier molecular flexibility index (Phi) is 4.75. The lowest BCUT2D eigenvalue weighted by atomic mass is 10.0. The third-order valence-corrected chi connectivity index (χ3v) is 3.73. The van der Waals surface area contributed by atoms with E-state index in [0.29, 0.717) is 18.0 Å². The molecule has 1 aliphatic rings. The van der Waals surface area contributed by atoms with Crippen molar-refractivity contribution in [3.8, 4) is 0 Å². The molecule has 0 bridgehead atoms. The lowest BCUT2D eigenvalue weighted by Gasteiger charge is -2.27. The fourth-order valence-corrected chi connectivity index (χ4v) is 2.64. The zero-order chi connectivity index (χ0) is 13.8. The molecule has 4 heteroatoms. The second-order valence-corrected chi connectivity index (χ2v) is 6.07. The molecule has 19 heavy (non-hydrogen) atoms. The minimum atomic E-state index is 0.489. The number of anilines is 1. The molecular formula is C15H26N4. The first-order valence-corrected chi connectivity index (χ1v) is 7.39. The van der Waals surface area contributed by atoms with Gasteiger partial charge in [-0.05, 0) is 18.8 Å². The van der Waals surface area contributed by atoms with Crippen LogP contribution in [0.15, 0.2) is 12.4 Å². The minimum absolute atomic E-state index is 0.489. The first kappa shape index (κ1) is 14.3. The molecule has 0 amide bonds. The summed E-state index contributed by atoms with van der Waals surface area (Å²) in [6.45, 7) is 10.8. The summed E-state index contributed by atoms with van der Waals surface area (Å²) >= 11 is 0. The minimum Gasteiger partial charge on any atom is -0.338 e. The lowest BCUT2D eigenvalue weighted by Crippen LogP contribution is -2.34. The normalized spacial score (nSPS) is 19.7. The van der Waals surface area contributed by atoms with Crippen LogP contribution in [0.25, 0.3) is 0 Å². The Labute approximate surface area is 116 Å². The van der Waals surface area contributed by atoms with Gasteiger partial charge in [0.25, 0.3) is 0 Å². The fraction of sp³-hybridized carbons (Fsp3) is 0.733. The summed E-state index contributed by atoms with van der Waals surface area (Å²) in [7, 11) is 0. The highest BCUT2D eigenvalue weighted by molar-refractivity contribution is 5.33. The standard InChI is InChI=1S/C15H26N4/c1-11(2)14-6-5-7-19(14)15-17-9-13(10-18-15)8-16-12(3)4/h9-12,14,16H,5-8H2,1-4H3. The average Bonchev–Trinajstić information content (AvgIpc) is 2.86. The highest BCUT2D eigenvalue weighted by atomic mass is 15.3. The molecule has 4 nitrogen and oxygen atoms in total. The van der Waals surface area contributed by atoms with Crippen LogP contribution in [-0.2, 0) is 6.54 Å². The highest BCUT2D eigenvalue weighted by Crippen LogP contribution is 2.26. The predicted molar refractivity (Wildman–Crippen MR) is 79.2 cm³/mol. The van der Waals surface area contributed by atoms with E-state index in [2.05, 4.69) is 47.9 Å². The van der Waals surface area contributed by atoms with Crippen molar-refractivity contribution in [2.45, 2.75) is 59.2 Å². The Morgan fingerprint density at radius 3 is 2.53 bits per heavy atom. The lowest BCUT2D eigenvalue weighted by molar-refractivity contribution is 0.486. The van der Waals surface area contributed by atoms with Gasteiger partial charge < -0.3 is 10.2 Å². The molecule has 0 aliphatic carbocycles. The van der Waals surface area contributed by atoms with Gasteiger partial charge in [0.2, 0.25) is 5.95 Å². The van der Waals surface area contributed by atoms with Crippen LogP contribution in [0, 0.1) is 5.92 Å². The Morgan fingerprint density at radius 1 is 1.26 bits per heavy atom. The van der Waals surface area contributed by atoms with Crippen molar-refractivity contribution in [3.05, 3.63) is 18.0 Å². The molecule has 106 valence electrons. The Bertz CT molecular complexity index is 386. The van der Waals surface area contributed by atoms with Crippen LogP contribution < -0.4 is 10.2 Å². The van der Waals surface area contributed by atoms with Crippen molar-refractivity contribution in [3.63, 3.8) is 0 Å². The van der Waals surface area contributed by atoms with Crippen LogP contribution >= 0.6 is 0 Å². The molecule has 1 atom stereocenters. The van der Waals surface area contributed by atoms with Gasteiger partial charge in [-0.1, -0.05) is 27.7 Å². The average molecular weight is 262 g/mol. The molecule has 2 rings (SSSR count). The van der Waals surface area contributed by atoms with Gasteiger partial charge in [-0.2, -0.15) is 0 Å². The Balaban J connectivity index is 2.01. The van der Waals surface area contributed by atoms with Crippen LogP contribution in [0.3, 0.4) is 0 Å². The van der Waals surface area contributed by atoms with Crippen molar-refractivity contribution in [2.24, 2.45) is 5.92 Å². The molecule has 0 aromatic carbocycles. The van der Waals surface area contributed by atoms with Gasteiger partial charge in [-0.25, -0.2) is 9.97 Å². The van der Waals surface area contributed by atoms with Crippen LogP contribution in [0.2, 0.25) is 0 Å². The third kappa shape index (κ3) is 3.66. The molecule has 1 fully saturated rings. The smallest absolute Gasteiger partial charge is 0.225 e. The van der Waals surface area contributed by atoms with E-state index in [4.69, 9.17) is 0 Å². The van der Waals surface area contributed by atoms with Gasteiger partial charge in [-0.15, -0.1) is 0 Å². The van der Waals surface area contributed by atoms with E-state index in [1.807, 2.05) is 12.4 Å². The second-order valence-electron chi connectivity index (χ2n) is 6.07. The number of hydrogen-bond acceptors (Lipinski definition) is 4. The maximum Gasteiger partial charge on any atom is 0.225 e. The molecule has 0 radical (unpaired) electrons. The SMILES string of the molecule is CC(C)NCc1cnc(N2CCCC2C(C)C)nc1. The van der Waals surface area contributed by atoms with E-state index in [-0.39, 0.29) is 0 Å². The topological polar surface area (TPSA) is 41.1 Å². The second kappa shape index (κ2) is 6.33. The summed E-state index contributed by atoms with van der Waals surface area (Å²) in [6.07, 6.45) is 6.42. The number of hydrogen-bond donors (Lipinski definition) is 1. The molecule has 1 unspecified atom stereocenters. The van der Waals surface area contributed by atoms with Gasteiger partial charge in [0.15, 0.2) is 0 Å². The molecular weight excluding hydrogens is 236 g/mol. The van der Waals surface area contributed by atoms with Gasteiger partial charge in [0.05, 0.1) is 0 Å². The quantitative estimate of drug-likeness (QED) is 0.885. The predicted octanol–water partition coefficient (Wildman–Crippen LogP) is 2.60. The monoisotopic (exact) mass is 262 g/mol. The highest BCUT2D eigenvalue weighted by Gasteiger charge is 2.28. The van der Waals surface area contributed by atoms with Crippen LogP contribution in [0.1, 0.15) is 46.1 Å². The third-order valence-electron chi connectivity index (χ3n) is 3.73. The number of aromatic nitrogens is 2. The molecule has 1 aromatic rings. The van der Waals surface area contributed by atoms with Crippen molar-refractivity contribution < 1.29 is 0 Å². The summed E-state index contributed by atoms with van der Waals surface area (Å²) in [4.78, 5) is 11.5. The van der Waals surface area contributed by atoms with E-state index in [1.54, 1.807) is 0 Å². The summed E-state index contributed by atoms with van der Waals surface area (Å²) in [5.41, 5.74) is 1.15. The molecule has 1 aromatic heterocycles. The van der Waals surface area contributed by atoms with Crippen molar-refractivity contribution in [1.82, 2.24) is 15.3 Å². The number of rotatable bonds is 5. The van der Waals surface area contributed by atoms with E-state index in [0.717, 1.165) is 24.6 Å². The van der Waals surface area contributed by atoms with Crippen molar-refractivity contribution >= 4 is 5.95 Å². The molecule has 0 spiro atoms. The van der Waals surface area contributed by atoms with Crippen molar-refractivity contribution in [1.29, 1.82) is 0 Å². The first-order valence-electron chi connectivity index (χ1n) is 7.39. The zero-order valence-corrected chi connectivity index (χ0v) is 12.6. The van der Waals surface area contributed by atoms with E-state index >= 15 is 0 Å². The van der Waals surface area contributed by atoms with Gasteiger partial charge in [-0.3, -0.25) is 0 Å². The maximum atomic E-state index is 4.55. The molecule has 1 aliphatic heterocycles. The molecule has 0 saturated carbocycles. The summed E-state index contributed by atoms with van der Waals surface area (Å²) < 4.78 is 0. The van der Waals surface area contributed by atoms with E-state index < -0.39 is 0 Å². The van der Waals surface area contributed by atoms with Crippen LogP contribution in [0.4, 0.5) is 5.95 Å². The molecule has 1 saturated heterocycles. The molecule has 1 N–H and O–H groups in total. The first-order chi connectivity index (χ1) is 9.08. The summed E-state index contributed by atoms with van der Waals surface area (Å²) in [6, 6.07) is 1.09. The van der Waals surface area contributed by atoms with E-state index in [9.17, 15) is 0 Å². The number of nitrogens with zero attached hydrogens (tertiary/aromatic N) is 3. The summed E-state index contributed by atoms with van der Waals surface area (Å²) in [5.74, 6) is 1.55. The van der Waals surface area contributed by atoms with Crippen molar-refractivity contribution in [2.75, 3.05) is 11.4 Å². The zero-order valence-electron chi connectivity index (χ0n) is 12.6. The Hall–Kier alpha value is -1.16. The number of nitrogens with one attached hydrogen (secondary N) is 1. The summed E-state index contributed by atoms with van der Waals surface area (Å²) in [5, 5.41) is 3.38. The maximum absolute atomic E-state index is 4.55. The van der Waals surface area contributed by atoms with E-state index in [1.165, 1.54) is 12.8 Å². The molecule has 2 heterocycles.